The topological polar surface area (TPSA) is 81.3 Å². The second-order valence-electron chi connectivity index (χ2n) is 3.17. The van der Waals surface area contributed by atoms with Crippen molar-refractivity contribution in [3.05, 3.63) is 48.9 Å². The van der Waals surface area contributed by atoms with Gasteiger partial charge in [0, 0.05) is 12.4 Å². The van der Waals surface area contributed by atoms with E-state index in [0.29, 0.717) is 11.6 Å². The van der Waals surface area contributed by atoms with Crippen LogP contribution in [0.15, 0.2) is 48.9 Å². The van der Waals surface area contributed by atoms with Crippen LogP contribution in [-0.4, -0.2) is 16.0 Å². The summed E-state index contributed by atoms with van der Waals surface area (Å²) in [5.74, 6) is 0.296. The molecule has 2 rings (SSSR count). The van der Waals surface area contributed by atoms with Crippen molar-refractivity contribution in [3.63, 3.8) is 0 Å². The molecule has 2 N–H and O–H groups in total. The number of anilines is 1. The molecule has 0 aliphatic rings. The third-order valence-electron chi connectivity index (χ3n) is 1.93. The van der Waals surface area contributed by atoms with Crippen LogP contribution in [0, 0.1) is 0 Å². The van der Waals surface area contributed by atoms with Gasteiger partial charge in [0.2, 0.25) is 5.88 Å². The summed E-state index contributed by atoms with van der Waals surface area (Å²) in [4.78, 5) is 19.1. The number of hydrogen-bond acceptors (Lipinski definition) is 5. The minimum absolute atomic E-state index is 0.296. The largest absolute Gasteiger partial charge is 0.382 e. The van der Waals surface area contributed by atoms with E-state index >= 15 is 0 Å². The maximum Gasteiger partial charge on any atom is 0.332 e. The zero-order valence-corrected chi connectivity index (χ0v) is 10.1. The molecule has 0 spiro atoms. The number of primary amides is 1. The first kappa shape index (κ1) is 12.2. The number of urea groups is 1. The predicted octanol–water partition coefficient (Wildman–Crippen LogP) is 2.00. The van der Waals surface area contributed by atoms with E-state index in [1.165, 1.54) is 22.9 Å². The second-order valence-corrected chi connectivity index (χ2v) is 3.85. The highest BCUT2D eigenvalue weighted by molar-refractivity contribution is 7.97. The number of rotatable bonds is 4. The van der Waals surface area contributed by atoms with E-state index in [9.17, 15) is 4.79 Å². The monoisotopic (exact) mass is 262 g/mol. The first-order valence-electron chi connectivity index (χ1n) is 5.02. The van der Waals surface area contributed by atoms with Gasteiger partial charge in [-0.3, -0.25) is 4.98 Å². The van der Waals surface area contributed by atoms with Crippen LogP contribution in [0.4, 0.5) is 10.5 Å². The Morgan fingerprint density at radius 1 is 1.28 bits per heavy atom. The molecule has 0 fully saturated rings. The zero-order valence-electron chi connectivity index (χ0n) is 9.26. The van der Waals surface area contributed by atoms with Gasteiger partial charge in [-0.15, -0.1) is 0 Å². The van der Waals surface area contributed by atoms with E-state index < -0.39 is 6.03 Å². The minimum Gasteiger partial charge on any atom is -0.382 e. The lowest BCUT2D eigenvalue weighted by atomic mass is 10.3. The van der Waals surface area contributed by atoms with E-state index in [2.05, 4.69) is 9.97 Å². The van der Waals surface area contributed by atoms with E-state index in [1.54, 1.807) is 24.3 Å². The number of para-hydroxylation sites is 1. The summed E-state index contributed by atoms with van der Waals surface area (Å²) in [6.07, 6.45) is 4.46. The van der Waals surface area contributed by atoms with Crippen molar-refractivity contribution in [2.75, 3.05) is 4.31 Å². The fourth-order valence-electron chi connectivity index (χ4n) is 1.17. The summed E-state index contributed by atoms with van der Waals surface area (Å²) < 4.78 is 6.47. The molecule has 0 saturated heterocycles. The quantitative estimate of drug-likeness (QED) is 0.673. The third-order valence-corrected chi connectivity index (χ3v) is 2.71. The van der Waals surface area contributed by atoms with Gasteiger partial charge in [0.1, 0.15) is 0 Å². The lowest BCUT2D eigenvalue weighted by Gasteiger charge is -2.16. The Morgan fingerprint density at radius 2 is 2.06 bits per heavy atom. The van der Waals surface area contributed by atoms with Gasteiger partial charge in [-0.05, 0) is 12.1 Å². The van der Waals surface area contributed by atoms with Crippen molar-refractivity contribution in [1.29, 1.82) is 0 Å². The van der Waals surface area contributed by atoms with Crippen LogP contribution in [0.2, 0.25) is 0 Å². The van der Waals surface area contributed by atoms with Crippen molar-refractivity contribution in [2.45, 2.75) is 0 Å². The Bertz CT molecular complexity index is 509. The normalized spacial score (nSPS) is 9.78. The Labute approximate surface area is 108 Å². The van der Waals surface area contributed by atoms with Crippen molar-refractivity contribution in [2.24, 2.45) is 5.73 Å². The molecule has 92 valence electrons. The van der Waals surface area contributed by atoms with Crippen molar-refractivity contribution in [1.82, 2.24) is 9.97 Å². The molecule has 0 radical (unpaired) electrons. The molecule has 6 nitrogen and oxygen atoms in total. The molecule has 1 aromatic heterocycles. The van der Waals surface area contributed by atoms with Crippen LogP contribution in [0.3, 0.4) is 0 Å². The minimum atomic E-state index is -0.630. The number of aromatic nitrogens is 2. The molecule has 2 amide bonds. The third kappa shape index (κ3) is 3.11. The number of benzene rings is 1. The van der Waals surface area contributed by atoms with Gasteiger partial charge in [-0.25, -0.2) is 14.1 Å². The lowest BCUT2D eigenvalue weighted by Crippen LogP contribution is -2.30. The van der Waals surface area contributed by atoms with Crippen LogP contribution in [-0.2, 0) is 0 Å². The van der Waals surface area contributed by atoms with E-state index in [-0.39, 0.29) is 0 Å². The van der Waals surface area contributed by atoms with Gasteiger partial charge < -0.3 is 9.92 Å². The molecule has 18 heavy (non-hydrogen) atoms. The molecule has 0 unspecified atom stereocenters. The highest BCUT2D eigenvalue weighted by atomic mass is 32.2. The number of nitrogens with two attached hydrogens (primary N) is 1. The van der Waals surface area contributed by atoms with Crippen molar-refractivity contribution >= 4 is 23.9 Å². The zero-order chi connectivity index (χ0) is 12.8. The Kier molecular flexibility index (Phi) is 3.98. The van der Waals surface area contributed by atoms with Crippen LogP contribution >= 0.6 is 12.2 Å². The fraction of sp³-hybridized carbons (Fsp3) is 0. The number of hydrogen-bond donors (Lipinski definition) is 1. The van der Waals surface area contributed by atoms with Gasteiger partial charge in [0.25, 0.3) is 0 Å². The molecule has 2 aromatic rings. The molecule has 0 aliphatic carbocycles. The molecule has 0 saturated carbocycles. The summed E-state index contributed by atoms with van der Waals surface area (Å²) in [6.45, 7) is 0. The molecule has 0 bridgehead atoms. The maximum atomic E-state index is 11.3. The highest BCUT2D eigenvalue weighted by Gasteiger charge is 2.15. The first-order chi connectivity index (χ1) is 8.77. The van der Waals surface area contributed by atoms with Gasteiger partial charge in [-0.2, -0.15) is 0 Å². The van der Waals surface area contributed by atoms with Crippen LogP contribution in [0.25, 0.3) is 0 Å². The van der Waals surface area contributed by atoms with Gasteiger partial charge in [-0.1, -0.05) is 18.2 Å². The smallest absolute Gasteiger partial charge is 0.332 e. The SMILES string of the molecule is NC(=O)N(SOc1cnccn1)c1ccccc1. The molecule has 0 atom stereocenters. The molecule has 7 heteroatoms. The summed E-state index contributed by atoms with van der Waals surface area (Å²) in [6, 6.07) is 8.31. The summed E-state index contributed by atoms with van der Waals surface area (Å²) in [5, 5.41) is 0. The number of carbonyl (C=O) groups excluding carboxylic acids is 1. The Balaban J connectivity index is 2.06. The van der Waals surface area contributed by atoms with E-state index in [1.807, 2.05) is 6.07 Å². The lowest BCUT2D eigenvalue weighted by molar-refractivity contribution is 0.257. The first-order valence-corrected chi connectivity index (χ1v) is 5.72. The summed E-state index contributed by atoms with van der Waals surface area (Å²) in [5.41, 5.74) is 5.91. The van der Waals surface area contributed by atoms with Gasteiger partial charge >= 0.3 is 6.03 Å². The van der Waals surface area contributed by atoms with E-state index in [0.717, 1.165) is 12.2 Å². The van der Waals surface area contributed by atoms with Gasteiger partial charge in [0.15, 0.2) is 12.2 Å². The van der Waals surface area contributed by atoms with Crippen molar-refractivity contribution in [3.8, 4) is 5.88 Å². The van der Waals surface area contributed by atoms with Crippen LogP contribution in [0.1, 0.15) is 0 Å². The maximum absolute atomic E-state index is 11.3. The Hall–Kier alpha value is -2.28. The van der Waals surface area contributed by atoms with E-state index in [4.69, 9.17) is 9.92 Å². The summed E-state index contributed by atoms with van der Waals surface area (Å²) in [7, 11) is 0. The second kappa shape index (κ2) is 5.87. The molecular formula is C11H10N4O2S. The molecule has 1 heterocycles. The van der Waals surface area contributed by atoms with Crippen LogP contribution in [0.5, 0.6) is 5.88 Å². The number of nitrogens with zero attached hydrogens (tertiary/aromatic N) is 3. The standard InChI is InChI=1S/C11H10N4O2S/c12-11(16)15(9-4-2-1-3-5-9)18-17-10-8-13-6-7-14-10/h1-8H,(H2,12,16). The number of amides is 2. The number of carbonyl (C=O) groups is 1. The highest BCUT2D eigenvalue weighted by Crippen LogP contribution is 2.23. The average molecular weight is 262 g/mol. The summed E-state index contributed by atoms with van der Waals surface area (Å²) >= 11 is 0.792. The predicted molar refractivity (Wildman–Crippen MR) is 68.8 cm³/mol. The van der Waals surface area contributed by atoms with Gasteiger partial charge in [0.05, 0.1) is 11.9 Å². The molecule has 0 aliphatic heterocycles. The van der Waals surface area contributed by atoms with Crippen LogP contribution < -0.4 is 14.2 Å². The fourth-order valence-corrected chi connectivity index (χ4v) is 1.69. The van der Waals surface area contributed by atoms with Crippen molar-refractivity contribution < 1.29 is 8.98 Å². The Morgan fingerprint density at radius 3 is 2.67 bits per heavy atom. The molecular weight excluding hydrogens is 252 g/mol. The molecule has 1 aromatic carbocycles. The average Bonchev–Trinajstić information content (AvgIpc) is 2.41.